The van der Waals surface area contributed by atoms with Gasteiger partial charge >= 0.3 is 0 Å². The minimum absolute atomic E-state index is 0.391. The molecule has 0 heterocycles. The summed E-state index contributed by atoms with van der Waals surface area (Å²) in [7, 11) is 0. The van der Waals surface area contributed by atoms with Gasteiger partial charge in [0.1, 0.15) is 0 Å². The van der Waals surface area contributed by atoms with Gasteiger partial charge in [0.15, 0.2) is 0 Å². The third-order valence-electron chi connectivity index (χ3n) is 2.97. The lowest BCUT2D eigenvalue weighted by atomic mass is 10.1. The van der Waals surface area contributed by atoms with Crippen molar-refractivity contribution in [2.75, 3.05) is 12.8 Å². The molecule has 1 unspecified atom stereocenters. The number of hydrogen-bond donors (Lipinski definition) is 1. The second-order valence-corrected chi connectivity index (χ2v) is 6.21. The average molecular weight is 201 g/mol. The molecule has 0 spiro atoms. The maximum absolute atomic E-state index is 3.70. The van der Waals surface area contributed by atoms with Gasteiger partial charge in [-0.3, -0.25) is 0 Å². The van der Waals surface area contributed by atoms with Gasteiger partial charge in [-0.1, -0.05) is 6.92 Å². The van der Waals surface area contributed by atoms with Crippen LogP contribution in [0, 0.1) is 5.92 Å². The Hall–Kier alpha value is 0.310. The summed E-state index contributed by atoms with van der Waals surface area (Å²) in [5.74, 6) is 0.989. The molecule has 1 N–H and O–H groups in total. The van der Waals surface area contributed by atoms with Crippen LogP contribution in [0.4, 0.5) is 0 Å². The summed E-state index contributed by atoms with van der Waals surface area (Å²) in [5, 5.41) is 3.70. The summed E-state index contributed by atoms with van der Waals surface area (Å²) in [6.45, 7) is 8.06. The quantitative estimate of drug-likeness (QED) is 0.709. The zero-order valence-corrected chi connectivity index (χ0v) is 10.2. The fraction of sp³-hybridized carbons (Fsp3) is 1.00. The minimum atomic E-state index is 0.391. The van der Waals surface area contributed by atoms with E-state index < -0.39 is 0 Å². The number of nitrogens with one attached hydrogen (secondary N) is 1. The van der Waals surface area contributed by atoms with Crippen LogP contribution >= 0.6 is 11.8 Å². The Bertz CT molecular complexity index is 152. The molecule has 0 saturated heterocycles. The van der Waals surface area contributed by atoms with Crippen molar-refractivity contribution >= 4 is 11.8 Å². The van der Waals surface area contributed by atoms with Gasteiger partial charge in [0.25, 0.3) is 0 Å². The van der Waals surface area contributed by atoms with Gasteiger partial charge in [-0.25, -0.2) is 0 Å². The van der Waals surface area contributed by atoms with Crippen molar-refractivity contribution in [1.29, 1.82) is 0 Å². The SMILES string of the molecule is CCC(NCC(C)(C)SC)C1CC1. The summed E-state index contributed by atoms with van der Waals surface area (Å²) in [6.07, 6.45) is 6.38. The van der Waals surface area contributed by atoms with Crippen molar-refractivity contribution in [3.8, 4) is 0 Å². The number of thioether (sulfide) groups is 1. The van der Waals surface area contributed by atoms with Gasteiger partial charge in [-0.2, -0.15) is 11.8 Å². The second-order valence-electron chi connectivity index (χ2n) is 4.70. The standard InChI is InChI=1S/C11H23NS/c1-5-10(9-6-7-9)12-8-11(2,3)13-4/h9-10,12H,5-8H2,1-4H3. The van der Waals surface area contributed by atoms with Crippen molar-refractivity contribution in [3.05, 3.63) is 0 Å². The maximum atomic E-state index is 3.70. The molecule has 0 aromatic carbocycles. The zero-order chi connectivity index (χ0) is 9.90. The molecule has 0 aliphatic heterocycles. The smallest absolute Gasteiger partial charge is 0.0225 e. The minimum Gasteiger partial charge on any atom is -0.312 e. The predicted molar refractivity (Wildman–Crippen MR) is 62.4 cm³/mol. The van der Waals surface area contributed by atoms with Crippen molar-refractivity contribution in [3.63, 3.8) is 0 Å². The van der Waals surface area contributed by atoms with E-state index in [4.69, 9.17) is 0 Å². The van der Waals surface area contributed by atoms with Crippen molar-refractivity contribution in [1.82, 2.24) is 5.32 Å². The lowest BCUT2D eigenvalue weighted by Crippen LogP contribution is -2.39. The lowest BCUT2D eigenvalue weighted by molar-refractivity contribution is 0.430. The first-order valence-electron chi connectivity index (χ1n) is 5.37. The van der Waals surface area contributed by atoms with Crippen LogP contribution < -0.4 is 5.32 Å². The molecule has 1 nitrogen and oxygen atoms in total. The molecule has 1 rings (SSSR count). The molecule has 13 heavy (non-hydrogen) atoms. The second kappa shape index (κ2) is 4.70. The van der Waals surface area contributed by atoms with Gasteiger partial charge in [0.2, 0.25) is 0 Å². The molecular weight excluding hydrogens is 178 g/mol. The van der Waals surface area contributed by atoms with Crippen LogP contribution in [-0.2, 0) is 0 Å². The first-order chi connectivity index (χ1) is 6.09. The Balaban J connectivity index is 2.22. The Morgan fingerprint density at radius 2 is 2.08 bits per heavy atom. The average Bonchev–Trinajstić information content (AvgIpc) is 2.89. The fourth-order valence-corrected chi connectivity index (χ4v) is 1.82. The van der Waals surface area contributed by atoms with Crippen molar-refractivity contribution < 1.29 is 0 Å². The number of rotatable bonds is 6. The molecule has 0 amide bonds. The van der Waals surface area contributed by atoms with Crippen molar-refractivity contribution in [2.45, 2.75) is 50.8 Å². The van der Waals surface area contributed by atoms with E-state index in [9.17, 15) is 0 Å². The third-order valence-corrected chi connectivity index (χ3v) is 4.22. The zero-order valence-electron chi connectivity index (χ0n) is 9.39. The van der Waals surface area contributed by atoms with Crippen LogP contribution in [0.25, 0.3) is 0 Å². The van der Waals surface area contributed by atoms with E-state index in [1.165, 1.54) is 19.3 Å². The highest BCUT2D eigenvalue weighted by Gasteiger charge is 2.30. The van der Waals surface area contributed by atoms with Crippen LogP contribution in [0.2, 0.25) is 0 Å². The topological polar surface area (TPSA) is 12.0 Å². The summed E-state index contributed by atoms with van der Waals surface area (Å²) < 4.78 is 0.391. The van der Waals surface area contributed by atoms with Gasteiger partial charge in [0.05, 0.1) is 0 Å². The molecule has 1 aliphatic carbocycles. The van der Waals surface area contributed by atoms with E-state index in [2.05, 4.69) is 32.3 Å². The highest BCUT2D eigenvalue weighted by Crippen LogP contribution is 2.34. The van der Waals surface area contributed by atoms with E-state index in [-0.39, 0.29) is 0 Å². The van der Waals surface area contributed by atoms with E-state index in [0.29, 0.717) is 4.75 Å². The summed E-state index contributed by atoms with van der Waals surface area (Å²) in [4.78, 5) is 0. The highest BCUT2D eigenvalue weighted by atomic mass is 32.2. The van der Waals surface area contributed by atoms with E-state index in [1.807, 2.05) is 11.8 Å². The highest BCUT2D eigenvalue weighted by molar-refractivity contribution is 7.99. The van der Waals surface area contributed by atoms with Crippen molar-refractivity contribution in [2.24, 2.45) is 5.92 Å². The van der Waals surface area contributed by atoms with Crippen LogP contribution in [0.3, 0.4) is 0 Å². The molecule has 1 atom stereocenters. The van der Waals surface area contributed by atoms with Gasteiger partial charge in [-0.15, -0.1) is 0 Å². The molecule has 0 bridgehead atoms. The number of hydrogen-bond acceptors (Lipinski definition) is 2. The molecule has 0 radical (unpaired) electrons. The van der Waals surface area contributed by atoms with E-state index in [1.54, 1.807) is 0 Å². The molecule has 1 fully saturated rings. The van der Waals surface area contributed by atoms with Crippen LogP contribution in [-0.4, -0.2) is 23.6 Å². The van der Waals surface area contributed by atoms with E-state index >= 15 is 0 Å². The van der Waals surface area contributed by atoms with Crippen LogP contribution in [0.1, 0.15) is 40.0 Å². The Kier molecular flexibility index (Phi) is 4.11. The van der Waals surface area contributed by atoms with E-state index in [0.717, 1.165) is 18.5 Å². The summed E-state index contributed by atoms with van der Waals surface area (Å²) in [5.41, 5.74) is 0. The Labute approximate surface area is 87.1 Å². The molecule has 0 aromatic heterocycles. The first kappa shape index (κ1) is 11.4. The van der Waals surface area contributed by atoms with Gasteiger partial charge in [-0.05, 0) is 45.3 Å². The summed E-state index contributed by atoms with van der Waals surface area (Å²) in [6, 6.07) is 0.784. The normalized spacial score (nSPS) is 20.3. The van der Waals surface area contributed by atoms with Gasteiger partial charge < -0.3 is 5.32 Å². The molecule has 1 saturated carbocycles. The monoisotopic (exact) mass is 201 g/mol. The van der Waals surface area contributed by atoms with Crippen LogP contribution in [0.5, 0.6) is 0 Å². The molecule has 78 valence electrons. The third kappa shape index (κ3) is 3.90. The van der Waals surface area contributed by atoms with Crippen LogP contribution in [0.15, 0.2) is 0 Å². The first-order valence-corrected chi connectivity index (χ1v) is 6.60. The molecule has 0 aromatic rings. The fourth-order valence-electron chi connectivity index (χ4n) is 1.59. The van der Waals surface area contributed by atoms with Gasteiger partial charge in [0, 0.05) is 17.3 Å². The Morgan fingerprint density at radius 1 is 1.46 bits per heavy atom. The lowest BCUT2D eigenvalue weighted by Gasteiger charge is -2.26. The molecule has 1 aliphatic rings. The largest absolute Gasteiger partial charge is 0.312 e. The molecular formula is C11H23NS. The Morgan fingerprint density at radius 3 is 2.46 bits per heavy atom. The summed E-state index contributed by atoms with van der Waals surface area (Å²) >= 11 is 1.95. The predicted octanol–water partition coefficient (Wildman–Crippen LogP) is 2.91. The molecule has 2 heteroatoms. The maximum Gasteiger partial charge on any atom is 0.0225 e.